The molecule has 136 valence electrons. The van der Waals surface area contributed by atoms with Gasteiger partial charge in [0.1, 0.15) is 0 Å². The summed E-state index contributed by atoms with van der Waals surface area (Å²) in [5.74, 6) is 1.15. The van der Waals surface area contributed by atoms with Gasteiger partial charge < -0.3 is 10.0 Å². The van der Waals surface area contributed by atoms with Crippen LogP contribution in [0, 0.1) is 11.8 Å². The van der Waals surface area contributed by atoms with E-state index in [4.69, 9.17) is 5.11 Å². The molecule has 4 rings (SSSR count). The third-order valence-electron chi connectivity index (χ3n) is 6.65. The molecule has 1 amide bonds. The number of aliphatic hydroxyl groups excluding tert-OH is 1. The second-order valence-electron chi connectivity index (χ2n) is 8.00. The first-order chi connectivity index (χ1) is 12.3. The minimum Gasteiger partial charge on any atom is -0.396 e. The van der Waals surface area contributed by atoms with Crippen molar-refractivity contribution in [2.75, 3.05) is 26.2 Å². The summed E-state index contributed by atoms with van der Waals surface area (Å²) in [6, 6.07) is 11.6. The summed E-state index contributed by atoms with van der Waals surface area (Å²) < 4.78 is 0. The van der Waals surface area contributed by atoms with Crippen molar-refractivity contribution in [1.82, 2.24) is 9.80 Å². The molecule has 0 unspecified atom stereocenters. The van der Waals surface area contributed by atoms with Crippen molar-refractivity contribution in [1.29, 1.82) is 0 Å². The van der Waals surface area contributed by atoms with Crippen LogP contribution in [-0.2, 0) is 4.79 Å². The number of benzene rings is 1. The topological polar surface area (TPSA) is 43.8 Å². The van der Waals surface area contributed by atoms with Crippen LogP contribution in [-0.4, -0.2) is 53.1 Å². The van der Waals surface area contributed by atoms with Crippen LogP contribution in [0.15, 0.2) is 30.3 Å². The molecular formula is C21H30N2O2. The Hall–Kier alpha value is -1.39. The number of amides is 1. The van der Waals surface area contributed by atoms with Gasteiger partial charge in [-0.2, -0.15) is 0 Å². The van der Waals surface area contributed by atoms with Crippen LogP contribution >= 0.6 is 0 Å². The van der Waals surface area contributed by atoms with Crippen LogP contribution in [0.25, 0.3) is 0 Å². The van der Waals surface area contributed by atoms with Gasteiger partial charge in [0.15, 0.2) is 0 Å². The zero-order chi connectivity index (χ0) is 17.2. The smallest absolute Gasteiger partial charge is 0.227 e. The van der Waals surface area contributed by atoms with Gasteiger partial charge in [-0.25, -0.2) is 0 Å². The van der Waals surface area contributed by atoms with Crippen LogP contribution < -0.4 is 0 Å². The number of nitrogens with zero attached hydrogens (tertiary/aromatic N) is 2. The van der Waals surface area contributed by atoms with Crippen molar-refractivity contribution in [3.8, 4) is 0 Å². The fraction of sp³-hybridized carbons (Fsp3) is 0.667. The molecule has 1 aromatic rings. The quantitative estimate of drug-likeness (QED) is 0.915. The first-order valence-electron chi connectivity index (χ1n) is 9.98. The highest BCUT2D eigenvalue weighted by atomic mass is 16.3. The van der Waals surface area contributed by atoms with Crippen molar-refractivity contribution in [2.45, 2.75) is 50.6 Å². The summed E-state index contributed by atoms with van der Waals surface area (Å²) in [6.45, 7) is 3.16. The minimum atomic E-state index is 0.169. The lowest BCUT2D eigenvalue weighted by molar-refractivity contribution is -0.137. The van der Waals surface area contributed by atoms with Crippen LogP contribution in [0.1, 0.15) is 50.1 Å². The highest BCUT2D eigenvalue weighted by Gasteiger charge is 2.48. The van der Waals surface area contributed by atoms with Crippen LogP contribution in [0.2, 0.25) is 0 Å². The number of carbonyl (C=O) groups is 1. The molecule has 4 heteroatoms. The van der Waals surface area contributed by atoms with E-state index in [0.29, 0.717) is 23.9 Å². The molecule has 0 saturated carbocycles. The molecule has 3 heterocycles. The molecule has 0 radical (unpaired) electrons. The van der Waals surface area contributed by atoms with E-state index in [-0.39, 0.29) is 12.5 Å². The van der Waals surface area contributed by atoms with Crippen molar-refractivity contribution in [3.05, 3.63) is 35.9 Å². The van der Waals surface area contributed by atoms with Gasteiger partial charge in [0, 0.05) is 31.8 Å². The summed E-state index contributed by atoms with van der Waals surface area (Å²) >= 11 is 0. The van der Waals surface area contributed by atoms with Crippen LogP contribution in [0.4, 0.5) is 0 Å². The van der Waals surface area contributed by atoms with Gasteiger partial charge in [-0.3, -0.25) is 9.69 Å². The average Bonchev–Trinajstić information content (AvgIpc) is 3.25. The Morgan fingerprint density at radius 2 is 1.84 bits per heavy atom. The predicted molar refractivity (Wildman–Crippen MR) is 98.0 cm³/mol. The first kappa shape index (κ1) is 17.0. The molecule has 25 heavy (non-hydrogen) atoms. The van der Waals surface area contributed by atoms with E-state index in [1.54, 1.807) is 0 Å². The normalized spacial score (nSPS) is 30.6. The number of aliphatic hydroxyl groups is 1. The number of fused-ring (bicyclic) bond motifs is 1. The fourth-order valence-electron chi connectivity index (χ4n) is 5.29. The van der Waals surface area contributed by atoms with Gasteiger partial charge in [0.05, 0.1) is 5.92 Å². The molecule has 0 spiro atoms. The fourth-order valence-corrected chi connectivity index (χ4v) is 5.29. The maximum absolute atomic E-state index is 13.2. The molecule has 4 nitrogen and oxygen atoms in total. The monoisotopic (exact) mass is 342 g/mol. The van der Waals surface area contributed by atoms with Crippen LogP contribution in [0.3, 0.4) is 0 Å². The Balaban J connectivity index is 1.44. The summed E-state index contributed by atoms with van der Waals surface area (Å²) in [4.78, 5) is 17.9. The summed E-state index contributed by atoms with van der Waals surface area (Å²) in [6.07, 6.45) is 6.35. The zero-order valence-electron chi connectivity index (χ0n) is 15.0. The lowest BCUT2D eigenvalue weighted by Crippen LogP contribution is -2.44. The molecule has 3 fully saturated rings. The van der Waals surface area contributed by atoms with Gasteiger partial charge in [0.25, 0.3) is 0 Å². The first-order valence-corrected chi connectivity index (χ1v) is 9.98. The van der Waals surface area contributed by atoms with E-state index in [0.717, 1.165) is 45.3 Å². The molecule has 1 aromatic carbocycles. The molecule has 3 saturated heterocycles. The number of carbonyl (C=O) groups excluding carboxylic acids is 1. The molecule has 0 bridgehead atoms. The predicted octanol–water partition coefficient (Wildman–Crippen LogP) is 2.83. The third kappa shape index (κ3) is 3.34. The van der Waals surface area contributed by atoms with E-state index in [9.17, 15) is 4.79 Å². The SMILES string of the molecule is O=C([C@@H]1C[C@H](c2ccccc2)N2CCC[C@@H]12)N1CCC(CCO)CC1. The Bertz CT molecular complexity index is 583. The summed E-state index contributed by atoms with van der Waals surface area (Å²) in [5, 5.41) is 9.12. The van der Waals surface area contributed by atoms with E-state index < -0.39 is 0 Å². The van der Waals surface area contributed by atoms with Gasteiger partial charge >= 0.3 is 0 Å². The maximum atomic E-state index is 13.2. The Labute approximate surface area is 150 Å². The Morgan fingerprint density at radius 1 is 1.08 bits per heavy atom. The van der Waals surface area contributed by atoms with Crippen molar-refractivity contribution in [3.63, 3.8) is 0 Å². The number of rotatable bonds is 4. The second-order valence-corrected chi connectivity index (χ2v) is 8.00. The van der Waals surface area contributed by atoms with E-state index >= 15 is 0 Å². The van der Waals surface area contributed by atoms with E-state index in [1.165, 1.54) is 18.4 Å². The minimum absolute atomic E-state index is 0.169. The van der Waals surface area contributed by atoms with Gasteiger partial charge in [0.2, 0.25) is 5.91 Å². The Morgan fingerprint density at radius 3 is 2.56 bits per heavy atom. The van der Waals surface area contributed by atoms with Gasteiger partial charge in [-0.1, -0.05) is 30.3 Å². The number of hydrogen-bond acceptors (Lipinski definition) is 3. The highest BCUT2D eigenvalue weighted by Crippen LogP contribution is 2.45. The van der Waals surface area contributed by atoms with Gasteiger partial charge in [-0.15, -0.1) is 0 Å². The zero-order valence-corrected chi connectivity index (χ0v) is 15.0. The van der Waals surface area contributed by atoms with Gasteiger partial charge in [-0.05, 0) is 56.6 Å². The molecule has 1 N–H and O–H groups in total. The third-order valence-corrected chi connectivity index (χ3v) is 6.65. The Kier molecular flexibility index (Phi) is 5.09. The van der Waals surface area contributed by atoms with E-state index in [1.807, 2.05) is 0 Å². The number of hydrogen-bond donors (Lipinski definition) is 1. The van der Waals surface area contributed by atoms with Crippen molar-refractivity contribution < 1.29 is 9.90 Å². The average molecular weight is 342 g/mol. The molecular weight excluding hydrogens is 312 g/mol. The molecule has 0 aliphatic carbocycles. The number of piperidine rings is 1. The maximum Gasteiger partial charge on any atom is 0.227 e. The van der Waals surface area contributed by atoms with Crippen molar-refractivity contribution >= 4 is 5.91 Å². The lowest BCUT2D eigenvalue weighted by Gasteiger charge is -2.34. The molecule has 3 aliphatic rings. The molecule has 3 aliphatic heterocycles. The lowest BCUT2D eigenvalue weighted by atomic mass is 9.90. The number of likely N-dealkylation sites (tertiary alicyclic amines) is 1. The largest absolute Gasteiger partial charge is 0.396 e. The summed E-state index contributed by atoms with van der Waals surface area (Å²) in [5.41, 5.74) is 1.37. The molecule has 3 atom stereocenters. The van der Waals surface area contributed by atoms with Crippen LogP contribution in [0.5, 0.6) is 0 Å². The highest BCUT2D eigenvalue weighted by molar-refractivity contribution is 5.80. The standard InChI is InChI=1S/C21H30N2O2/c24-14-10-16-8-12-22(13-9-16)21(25)18-15-20(17-5-2-1-3-6-17)23-11-4-7-19(18)23/h1-3,5-6,16,18-20,24H,4,7-15H2/t18-,19+,20-/m1/s1. The summed E-state index contributed by atoms with van der Waals surface area (Å²) in [7, 11) is 0. The second kappa shape index (κ2) is 7.46. The van der Waals surface area contributed by atoms with E-state index in [2.05, 4.69) is 40.1 Å². The van der Waals surface area contributed by atoms with Crippen molar-refractivity contribution in [2.24, 2.45) is 11.8 Å². The molecule has 0 aromatic heterocycles.